The molecule has 0 spiro atoms. The van der Waals surface area contributed by atoms with E-state index >= 15 is 0 Å². The molecule has 14 heavy (non-hydrogen) atoms. The number of aldehydes is 1. The van der Waals surface area contributed by atoms with Crippen LogP contribution in [-0.2, 0) is 14.3 Å². The molecule has 0 radical (unpaired) electrons. The molecule has 0 heterocycles. The maximum absolute atomic E-state index is 10.5. The van der Waals surface area contributed by atoms with E-state index in [1.807, 2.05) is 0 Å². The molecular weight excluding hydrogens is 208 g/mol. The summed E-state index contributed by atoms with van der Waals surface area (Å²) in [6.07, 6.45) is -2.22. The Kier molecular flexibility index (Phi) is 7.12. The maximum atomic E-state index is 10.5. The minimum Gasteiger partial charge on any atom is -0.395 e. The zero-order valence-corrected chi connectivity index (χ0v) is 9.05. The lowest BCUT2D eigenvalue weighted by Crippen LogP contribution is -2.46. The topological polar surface area (TPSA) is 76.0 Å². The predicted molar refractivity (Wildman–Crippen MR) is 53.5 cm³/mol. The van der Waals surface area contributed by atoms with Gasteiger partial charge in [0.25, 0.3) is 0 Å². The van der Waals surface area contributed by atoms with Crippen molar-refractivity contribution in [3.05, 3.63) is 0 Å². The SMILES string of the molecule is CO[C@@H]([C@H](O)[C@@H](S)CO)[C@H](C=O)OC. The highest BCUT2D eigenvalue weighted by Gasteiger charge is 2.32. The number of rotatable bonds is 7. The summed E-state index contributed by atoms with van der Waals surface area (Å²) >= 11 is 3.94. The molecule has 0 aliphatic rings. The lowest BCUT2D eigenvalue weighted by molar-refractivity contribution is -0.134. The second-order valence-corrected chi connectivity index (χ2v) is 3.44. The maximum Gasteiger partial charge on any atom is 0.151 e. The summed E-state index contributed by atoms with van der Waals surface area (Å²) in [6, 6.07) is 0. The van der Waals surface area contributed by atoms with Crippen LogP contribution in [0.5, 0.6) is 0 Å². The van der Waals surface area contributed by atoms with Gasteiger partial charge in [0, 0.05) is 14.2 Å². The first-order chi connectivity index (χ1) is 6.62. The van der Waals surface area contributed by atoms with Gasteiger partial charge >= 0.3 is 0 Å². The van der Waals surface area contributed by atoms with Crippen LogP contribution in [0.3, 0.4) is 0 Å². The Morgan fingerprint density at radius 2 is 2.00 bits per heavy atom. The van der Waals surface area contributed by atoms with Gasteiger partial charge in [0.1, 0.15) is 12.2 Å². The zero-order valence-electron chi connectivity index (χ0n) is 8.16. The quantitative estimate of drug-likeness (QED) is 0.377. The molecule has 6 heteroatoms. The van der Waals surface area contributed by atoms with Crippen LogP contribution in [0.25, 0.3) is 0 Å². The Morgan fingerprint density at radius 1 is 1.43 bits per heavy atom. The summed E-state index contributed by atoms with van der Waals surface area (Å²) in [5, 5.41) is 17.7. The monoisotopic (exact) mass is 224 g/mol. The minimum atomic E-state index is -1.07. The fourth-order valence-electron chi connectivity index (χ4n) is 1.06. The third-order valence-corrected chi connectivity index (χ3v) is 2.39. The fourth-order valence-corrected chi connectivity index (χ4v) is 1.23. The highest BCUT2D eigenvalue weighted by molar-refractivity contribution is 7.81. The van der Waals surface area contributed by atoms with Gasteiger partial charge in [-0.1, -0.05) is 0 Å². The summed E-state index contributed by atoms with van der Waals surface area (Å²) in [5.74, 6) is 0. The molecule has 0 saturated carbocycles. The van der Waals surface area contributed by atoms with Crippen LogP contribution < -0.4 is 0 Å². The molecule has 84 valence electrons. The van der Waals surface area contributed by atoms with E-state index in [0.717, 1.165) is 0 Å². The van der Waals surface area contributed by atoms with Crippen LogP contribution in [0.2, 0.25) is 0 Å². The molecule has 0 aliphatic carbocycles. The second kappa shape index (κ2) is 7.19. The van der Waals surface area contributed by atoms with Crippen molar-refractivity contribution >= 4 is 18.9 Å². The molecule has 0 aromatic carbocycles. The van der Waals surface area contributed by atoms with Crippen LogP contribution in [-0.4, -0.2) is 60.9 Å². The third kappa shape index (κ3) is 3.55. The van der Waals surface area contributed by atoms with Gasteiger partial charge in [-0.3, -0.25) is 0 Å². The molecule has 0 aromatic heterocycles. The fraction of sp³-hybridized carbons (Fsp3) is 0.875. The third-order valence-electron chi connectivity index (χ3n) is 1.92. The van der Waals surface area contributed by atoms with Crippen molar-refractivity contribution in [2.75, 3.05) is 20.8 Å². The minimum absolute atomic E-state index is 0.306. The zero-order chi connectivity index (χ0) is 11.1. The van der Waals surface area contributed by atoms with Crippen molar-refractivity contribution < 1.29 is 24.5 Å². The number of ether oxygens (including phenoxy) is 2. The predicted octanol–water partition coefficient (Wildman–Crippen LogP) is -1.13. The smallest absolute Gasteiger partial charge is 0.151 e. The molecule has 0 amide bonds. The highest BCUT2D eigenvalue weighted by Crippen LogP contribution is 2.13. The molecule has 2 N–H and O–H groups in total. The summed E-state index contributed by atoms with van der Waals surface area (Å²) in [5.41, 5.74) is 0. The Hall–Kier alpha value is -0.140. The molecule has 0 fully saturated rings. The molecular formula is C8H16O5S. The van der Waals surface area contributed by atoms with Gasteiger partial charge in [-0.25, -0.2) is 0 Å². The van der Waals surface area contributed by atoms with Gasteiger partial charge < -0.3 is 24.5 Å². The lowest BCUT2D eigenvalue weighted by Gasteiger charge is -2.28. The van der Waals surface area contributed by atoms with Crippen LogP contribution in [0.1, 0.15) is 0 Å². The molecule has 0 aliphatic heterocycles. The van der Waals surface area contributed by atoms with Crippen LogP contribution >= 0.6 is 12.6 Å². The normalized spacial score (nSPS) is 19.8. The Bertz CT molecular complexity index is 166. The Morgan fingerprint density at radius 3 is 2.29 bits per heavy atom. The molecule has 0 bridgehead atoms. The van der Waals surface area contributed by atoms with E-state index in [2.05, 4.69) is 12.6 Å². The van der Waals surface area contributed by atoms with Crippen molar-refractivity contribution in [3.8, 4) is 0 Å². The summed E-state index contributed by atoms with van der Waals surface area (Å²) in [6.45, 7) is -0.306. The lowest BCUT2D eigenvalue weighted by atomic mass is 10.1. The van der Waals surface area contributed by atoms with Crippen molar-refractivity contribution in [1.29, 1.82) is 0 Å². The number of aliphatic hydroxyl groups excluding tert-OH is 2. The van der Waals surface area contributed by atoms with Gasteiger partial charge in [0.05, 0.1) is 18.0 Å². The average molecular weight is 224 g/mol. The van der Waals surface area contributed by atoms with Gasteiger partial charge in [-0.05, 0) is 0 Å². The number of carbonyl (C=O) groups is 1. The van der Waals surface area contributed by atoms with Gasteiger partial charge in [0.2, 0.25) is 0 Å². The summed E-state index contributed by atoms with van der Waals surface area (Å²) < 4.78 is 9.71. The Labute approximate surface area is 88.4 Å². The van der Waals surface area contributed by atoms with Gasteiger partial charge in [-0.2, -0.15) is 12.6 Å². The van der Waals surface area contributed by atoms with E-state index < -0.39 is 23.6 Å². The number of hydrogen-bond donors (Lipinski definition) is 3. The number of carbonyl (C=O) groups excluding carboxylic acids is 1. The first-order valence-electron chi connectivity index (χ1n) is 4.10. The Balaban J connectivity index is 4.44. The largest absolute Gasteiger partial charge is 0.395 e. The van der Waals surface area contributed by atoms with Gasteiger partial charge in [-0.15, -0.1) is 0 Å². The van der Waals surface area contributed by atoms with Crippen molar-refractivity contribution in [3.63, 3.8) is 0 Å². The van der Waals surface area contributed by atoms with Crippen LogP contribution in [0.4, 0.5) is 0 Å². The molecule has 5 nitrogen and oxygen atoms in total. The standard InChI is InChI=1S/C8H16O5S/c1-12-5(3-9)8(13-2)7(11)6(14)4-10/h3,5-8,10-11,14H,4H2,1-2H3/t5-,6-,7+,8+/m0/s1. The number of thiol groups is 1. The van der Waals surface area contributed by atoms with E-state index in [1.54, 1.807) is 0 Å². The number of aliphatic hydroxyl groups is 2. The van der Waals surface area contributed by atoms with Crippen molar-refractivity contribution in [2.24, 2.45) is 0 Å². The first kappa shape index (κ1) is 13.9. The molecule has 0 rings (SSSR count). The summed E-state index contributed by atoms with van der Waals surface area (Å²) in [4.78, 5) is 10.5. The molecule has 0 unspecified atom stereocenters. The van der Waals surface area contributed by atoms with E-state index in [-0.39, 0.29) is 6.61 Å². The number of methoxy groups -OCH3 is 2. The van der Waals surface area contributed by atoms with Crippen LogP contribution in [0.15, 0.2) is 0 Å². The number of hydrogen-bond acceptors (Lipinski definition) is 6. The molecule has 0 saturated heterocycles. The van der Waals surface area contributed by atoms with Crippen molar-refractivity contribution in [2.45, 2.75) is 23.6 Å². The highest BCUT2D eigenvalue weighted by atomic mass is 32.1. The van der Waals surface area contributed by atoms with Crippen LogP contribution in [0, 0.1) is 0 Å². The molecule has 0 aromatic rings. The van der Waals surface area contributed by atoms with Crippen molar-refractivity contribution in [1.82, 2.24) is 0 Å². The van der Waals surface area contributed by atoms with E-state index in [4.69, 9.17) is 14.6 Å². The van der Waals surface area contributed by atoms with E-state index in [0.29, 0.717) is 6.29 Å². The molecule has 4 atom stereocenters. The first-order valence-corrected chi connectivity index (χ1v) is 4.61. The summed E-state index contributed by atoms with van der Waals surface area (Å²) in [7, 11) is 2.69. The van der Waals surface area contributed by atoms with E-state index in [1.165, 1.54) is 14.2 Å². The second-order valence-electron chi connectivity index (χ2n) is 2.78. The van der Waals surface area contributed by atoms with Gasteiger partial charge in [0.15, 0.2) is 6.29 Å². The average Bonchev–Trinajstić information content (AvgIpc) is 2.23. The van der Waals surface area contributed by atoms with E-state index in [9.17, 15) is 9.90 Å².